The molecule has 3 N–H and O–H groups in total. The van der Waals surface area contributed by atoms with Gasteiger partial charge in [-0.3, -0.25) is 4.79 Å². The molecule has 2 aromatic heterocycles. The van der Waals surface area contributed by atoms with Gasteiger partial charge in [-0.05, 0) is 6.07 Å². The van der Waals surface area contributed by atoms with Gasteiger partial charge in [0.25, 0.3) is 0 Å². The van der Waals surface area contributed by atoms with Crippen molar-refractivity contribution in [3.05, 3.63) is 41.5 Å². The first-order chi connectivity index (χ1) is 11.0. The number of fused-ring (bicyclic) bond motifs is 1. The third-order valence-electron chi connectivity index (χ3n) is 3.55. The van der Waals surface area contributed by atoms with Crippen LogP contribution in [0.4, 0.5) is 5.69 Å². The lowest BCUT2D eigenvalue weighted by Gasteiger charge is -2.28. The van der Waals surface area contributed by atoms with Crippen molar-refractivity contribution in [2.24, 2.45) is 10.7 Å². The van der Waals surface area contributed by atoms with Crippen molar-refractivity contribution in [1.82, 2.24) is 19.6 Å². The van der Waals surface area contributed by atoms with Crippen LogP contribution in [0.25, 0.3) is 5.65 Å². The molecule has 120 valence electrons. The van der Waals surface area contributed by atoms with Crippen molar-refractivity contribution in [3.63, 3.8) is 0 Å². The van der Waals surface area contributed by atoms with E-state index in [0.29, 0.717) is 41.8 Å². The van der Waals surface area contributed by atoms with Gasteiger partial charge in [0, 0.05) is 50.4 Å². The Labute approximate surface area is 138 Å². The van der Waals surface area contributed by atoms with Crippen molar-refractivity contribution in [1.29, 1.82) is 0 Å². The number of aliphatic imine (C=N–C) groups is 1. The fourth-order valence-electron chi connectivity index (χ4n) is 2.47. The number of amidine groups is 1. The van der Waals surface area contributed by atoms with Gasteiger partial charge in [-0.25, -0.2) is 9.98 Å². The maximum Gasteiger partial charge on any atom is 0.219 e. The average molecular weight is 333 g/mol. The molecule has 0 unspecified atom stereocenters. The van der Waals surface area contributed by atoms with Gasteiger partial charge in [-0.2, -0.15) is 0 Å². The van der Waals surface area contributed by atoms with Gasteiger partial charge in [-0.1, -0.05) is 11.6 Å². The number of piperazine rings is 1. The summed E-state index contributed by atoms with van der Waals surface area (Å²) < 4.78 is 1.79. The van der Waals surface area contributed by atoms with E-state index in [2.05, 4.69) is 15.3 Å². The largest absolute Gasteiger partial charge is 0.385 e. The van der Waals surface area contributed by atoms with E-state index < -0.39 is 0 Å². The summed E-state index contributed by atoms with van der Waals surface area (Å²) >= 11 is 6.08. The summed E-state index contributed by atoms with van der Waals surface area (Å²) in [4.78, 5) is 21.8. The van der Waals surface area contributed by atoms with Gasteiger partial charge in [0.05, 0.1) is 11.6 Å². The molecule has 0 atom stereocenters. The van der Waals surface area contributed by atoms with Crippen LogP contribution in [0.2, 0.25) is 5.02 Å². The van der Waals surface area contributed by atoms with Crippen LogP contribution in [-0.2, 0) is 4.79 Å². The molecule has 0 bridgehead atoms. The van der Waals surface area contributed by atoms with Crippen LogP contribution in [0.1, 0.15) is 6.92 Å². The zero-order chi connectivity index (χ0) is 16.4. The summed E-state index contributed by atoms with van der Waals surface area (Å²) in [5.74, 6) is 0.368. The monoisotopic (exact) mass is 332 g/mol. The number of rotatable bonds is 2. The second-order valence-electron chi connectivity index (χ2n) is 5.28. The molecule has 0 saturated carbocycles. The van der Waals surface area contributed by atoms with Crippen LogP contribution in [-0.4, -0.2) is 45.7 Å². The molecule has 1 aliphatic heterocycles. The smallest absolute Gasteiger partial charge is 0.219 e. The molecule has 1 saturated heterocycles. The Morgan fingerprint density at radius 1 is 1.57 bits per heavy atom. The Morgan fingerprint density at radius 2 is 2.39 bits per heavy atom. The van der Waals surface area contributed by atoms with Crippen LogP contribution >= 0.6 is 11.6 Å². The highest BCUT2D eigenvalue weighted by Gasteiger charge is 2.15. The molecule has 0 radical (unpaired) electrons. The maximum atomic E-state index is 11.5. The lowest BCUT2D eigenvalue weighted by atomic mass is 10.2. The third kappa shape index (κ3) is 3.45. The van der Waals surface area contributed by atoms with E-state index in [1.165, 1.54) is 0 Å². The van der Waals surface area contributed by atoms with Crippen molar-refractivity contribution < 1.29 is 4.79 Å². The van der Waals surface area contributed by atoms with Crippen molar-refractivity contribution in [2.45, 2.75) is 6.92 Å². The molecular formula is C15H17ClN6O. The number of hydrogen-bond donors (Lipinski definition) is 2. The molecule has 2 aromatic rings. The van der Waals surface area contributed by atoms with Crippen molar-refractivity contribution in [3.8, 4) is 0 Å². The van der Waals surface area contributed by atoms with Crippen molar-refractivity contribution in [2.75, 3.05) is 19.6 Å². The molecule has 3 rings (SSSR count). The molecule has 7 nitrogen and oxygen atoms in total. The van der Waals surface area contributed by atoms with Gasteiger partial charge >= 0.3 is 0 Å². The van der Waals surface area contributed by atoms with E-state index >= 15 is 0 Å². The van der Waals surface area contributed by atoms with Crippen LogP contribution in [0.15, 0.2) is 41.4 Å². The molecule has 8 heteroatoms. The predicted octanol–water partition coefficient (Wildman–Crippen LogP) is 1.31. The highest BCUT2D eigenvalue weighted by Crippen LogP contribution is 2.23. The highest BCUT2D eigenvalue weighted by molar-refractivity contribution is 6.30. The molecule has 1 amide bonds. The van der Waals surface area contributed by atoms with Crippen LogP contribution in [0.3, 0.4) is 0 Å². The summed E-state index contributed by atoms with van der Waals surface area (Å²) in [6, 6.07) is 1.71. The second kappa shape index (κ2) is 6.29. The number of imidazole rings is 1. The van der Waals surface area contributed by atoms with Crippen LogP contribution < -0.4 is 11.1 Å². The first kappa shape index (κ1) is 15.4. The quantitative estimate of drug-likeness (QED) is 0.641. The summed E-state index contributed by atoms with van der Waals surface area (Å²) in [5, 5.41) is 3.77. The Bertz CT molecular complexity index is 809. The van der Waals surface area contributed by atoms with Gasteiger partial charge in [0.2, 0.25) is 5.91 Å². The lowest BCUT2D eigenvalue weighted by Crippen LogP contribution is -2.44. The number of pyridine rings is 1. The van der Waals surface area contributed by atoms with Crippen LogP contribution in [0, 0.1) is 0 Å². The fraction of sp³-hybridized carbons (Fsp3) is 0.267. The maximum absolute atomic E-state index is 11.5. The summed E-state index contributed by atoms with van der Waals surface area (Å²) in [7, 11) is 0. The third-order valence-corrected chi connectivity index (χ3v) is 3.75. The minimum absolute atomic E-state index is 0.0434. The van der Waals surface area contributed by atoms with E-state index in [1.807, 2.05) is 0 Å². The topological polar surface area (TPSA) is 88.0 Å². The van der Waals surface area contributed by atoms with Crippen molar-refractivity contribution >= 4 is 34.7 Å². The highest BCUT2D eigenvalue weighted by atomic mass is 35.5. The summed E-state index contributed by atoms with van der Waals surface area (Å²) in [6.07, 6.45) is 6.95. The number of halogens is 1. The molecule has 0 spiro atoms. The minimum atomic E-state index is 0.0434. The van der Waals surface area contributed by atoms with Gasteiger partial charge in [0.15, 0.2) is 5.65 Å². The van der Waals surface area contributed by atoms with Gasteiger partial charge in [-0.15, -0.1) is 0 Å². The molecule has 23 heavy (non-hydrogen) atoms. The van der Waals surface area contributed by atoms with Crippen LogP contribution in [0.5, 0.6) is 0 Å². The molecule has 0 aromatic carbocycles. The van der Waals surface area contributed by atoms with E-state index in [-0.39, 0.29) is 5.91 Å². The zero-order valence-corrected chi connectivity index (χ0v) is 13.4. The van der Waals surface area contributed by atoms with E-state index in [1.54, 1.807) is 47.0 Å². The molecule has 0 aliphatic carbocycles. The number of hydrogen-bond acceptors (Lipinski definition) is 4. The Hall–Kier alpha value is -2.54. The normalized spacial score (nSPS) is 17.6. The Balaban J connectivity index is 1.88. The van der Waals surface area contributed by atoms with E-state index in [0.717, 1.165) is 5.70 Å². The number of carbonyl (C=O) groups is 1. The van der Waals surface area contributed by atoms with E-state index in [4.69, 9.17) is 17.3 Å². The van der Waals surface area contributed by atoms with Gasteiger partial charge in [0.1, 0.15) is 11.5 Å². The Kier molecular flexibility index (Phi) is 4.20. The number of carbonyl (C=O) groups excluding carboxylic acids is 1. The average Bonchev–Trinajstić information content (AvgIpc) is 2.95. The number of nitrogens with one attached hydrogen (secondary N) is 1. The van der Waals surface area contributed by atoms with Gasteiger partial charge < -0.3 is 20.4 Å². The number of amides is 1. The summed E-state index contributed by atoms with van der Waals surface area (Å²) in [6.45, 7) is 3.44. The SMILES string of the molecule is CC(=O)N1CCN/C(=C\C(N)=Nc2cc(Cl)cn3ccnc23)C1. The first-order valence-corrected chi connectivity index (χ1v) is 7.57. The van der Waals surface area contributed by atoms with E-state index in [9.17, 15) is 4.79 Å². The lowest BCUT2D eigenvalue weighted by molar-refractivity contribution is -0.128. The standard InChI is InChI=1S/C15H17ClN6O/c1-10(23)21-4-2-18-12(9-21)7-14(17)20-13-6-11(16)8-22-5-3-19-15(13)22/h3,5-8,18H,2,4,9H2,1H3,(H2,17,20)/b12-7-. The first-order valence-electron chi connectivity index (χ1n) is 7.19. The predicted molar refractivity (Wildman–Crippen MR) is 89.8 cm³/mol. The Morgan fingerprint density at radius 3 is 3.17 bits per heavy atom. The number of nitrogens with two attached hydrogens (primary N) is 1. The molecular weight excluding hydrogens is 316 g/mol. The number of aromatic nitrogens is 2. The molecule has 1 aliphatic rings. The summed E-state index contributed by atoms with van der Waals surface area (Å²) in [5.41, 5.74) is 8.15. The number of nitrogens with zero attached hydrogens (tertiary/aromatic N) is 4. The second-order valence-corrected chi connectivity index (χ2v) is 5.71. The molecule has 3 heterocycles. The zero-order valence-electron chi connectivity index (χ0n) is 12.7. The molecule has 1 fully saturated rings. The minimum Gasteiger partial charge on any atom is -0.385 e. The fourth-order valence-corrected chi connectivity index (χ4v) is 2.68.